The van der Waals surface area contributed by atoms with Crippen molar-refractivity contribution in [3.8, 4) is 0 Å². The molecule has 2 saturated carbocycles. The zero-order valence-electron chi connectivity index (χ0n) is 18.3. The molecule has 4 rings (SSSR count). The molecule has 4 heteroatoms. The molecule has 4 aliphatic rings. The van der Waals surface area contributed by atoms with Crippen LogP contribution in [0.3, 0.4) is 0 Å². The van der Waals surface area contributed by atoms with Gasteiger partial charge < -0.3 is 5.32 Å². The number of carbonyl (C=O) groups is 1. The van der Waals surface area contributed by atoms with Crippen molar-refractivity contribution < 1.29 is 4.79 Å². The van der Waals surface area contributed by atoms with Crippen molar-refractivity contribution in [3.05, 3.63) is 0 Å². The van der Waals surface area contributed by atoms with E-state index < -0.39 is 0 Å². The van der Waals surface area contributed by atoms with Crippen LogP contribution >= 0.6 is 0 Å². The molecule has 0 aromatic carbocycles. The number of rotatable bonds is 4. The summed E-state index contributed by atoms with van der Waals surface area (Å²) in [5.74, 6) is 1.20. The van der Waals surface area contributed by atoms with Gasteiger partial charge in [0.05, 0.1) is 0 Å². The first-order valence-corrected chi connectivity index (χ1v) is 11.6. The molecule has 2 aliphatic carbocycles. The molecule has 0 atom stereocenters. The second-order valence-corrected chi connectivity index (χ2v) is 10.2. The third kappa shape index (κ3) is 5.33. The number of Topliss-reactive ketones (excluding diaryl/α,β-unsaturated/α-hetero) is 1. The molecular formula is C23H43N3O. The fraction of sp³-hybridized carbons (Fsp3) is 0.957. The third-order valence-corrected chi connectivity index (χ3v) is 7.65. The number of carbonyl (C=O) groups excluding carboxylic acids is 1. The lowest BCUT2D eigenvalue weighted by Gasteiger charge is -2.54. The Kier molecular flexibility index (Phi) is 7.38. The summed E-state index contributed by atoms with van der Waals surface area (Å²) in [5.41, 5.74) is 0.662. The van der Waals surface area contributed by atoms with Gasteiger partial charge in [-0.25, -0.2) is 0 Å². The van der Waals surface area contributed by atoms with E-state index in [1.54, 1.807) is 0 Å². The SMILES string of the molecule is CC(C)C(=O)C1CC2(CCC2)C1.CC(C)N1CCN(C2CCNCC2)CC1. The van der Waals surface area contributed by atoms with E-state index >= 15 is 0 Å². The molecule has 0 aromatic heterocycles. The predicted molar refractivity (Wildman–Crippen MR) is 113 cm³/mol. The molecule has 4 fully saturated rings. The molecule has 1 N–H and O–H groups in total. The van der Waals surface area contributed by atoms with Gasteiger partial charge in [-0.05, 0) is 70.9 Å². The lowest BCUT2D eigenvalue weighted by molar-refractivity contribution is -0.137. The van der Waals surface area contributed by atoms with Crippen LogP contribution < -0.4 is 5.32 Å². The van der Waals surface area contributed by atoms with Gasteiger partial charge in [0.2, 0.25) is 0 Å². The van der Waals surface area contributed by atoms with Crippen molar-refractivity contribution in [2.24, 2.45) is 17.3 Å². The quantitative estimate of drug-likeness (QED) is 0.813. The van der Waals surface area contributed by atoms with Gasteiger partial charge in [-0.2, -0.15) is 0 Å². The Morgan fingerprint density at radius 3 is 2.00 bits per heavy atom. The van der Waals surface area contributed by atoms with Gasteiger partial charge in [-0.1, -0.05) is 20.3 Å². The summed E-state index contributed by atoms with van der Waals surface area (Å²) in [7, 11) is 0. The average Bonchev–Trinajstić information content (AvgIpc) is 2.60. The van der Waals surface area contributed by atoms with E-state index in [-0.39, 0.29) is 5.92 Å². The summed E-state index contributed by atoms with van der Waals surface area (Å²) in [6.07, 6.45) is 9.32. The monoisotopic (exact) mass is 377 g/mol. The van der Waals surface area contributed by atoms with E-state index in [9.17, 15) is 4.79 Å². The van der Waals surface area contributed by atoms with Gasteiger partial charge in [0, 0.05) is 50.1 Å². The van der Waals surface area contributed by atoms with Crippen LogP contribution in [0.15, 0.2) is 0 Å². The molecule has 2 saturated heterocycles. The zero-order chi connectivity index (χ0) is 19.4. The maximum absolute atomic E-state index is 11.6. The number of piperidine rings is 1. The Morgan fingerprint density at radius 1 is 0.963 bits per heavy atom. The van der Waals surface area contributed by atoms with Crippen LogP contribution in [0.5, 0.6) is 0 Å². The van der Waals surface area contributed by atoms with Crippen LogP contribution in [0.1, 0.15) is 72.6 Å². The van der Waals surface area contributed by atoms with E-state index in [0.717, 1.165) is 12.1 Å². The lowest BCUT2D eigenvalue weighted by Crippen LogP contribution is -2.54. The molecule has 27 heavy (non-hydrogen) atoms. The van der Waals surface area contributed by atoms with E-state index in [2.05, 4.69) is 29.0 Å². The van der Waals surface area contributed by atoms with Crippen molar-refractivity contribution in [1.29, 1.82) is 0 Å². The summed E-state index contributed by atoms with van der Waals surface area (Å²) >= 11 is 0. The van der Waals surface area contributed by atoms with Crippen LogP contribution in [-0.4, -0.2) is 66.9 Å². The molecule has 2 aliphatic heterocycles. The second-order valence-electron chi connectivity index (χ2n) is 10.2. The Labute approximate surface area is 167 Å². The summed E-state index contributed by atoms with van der Waals surface area (Å²) in [6.45, 7) is 16.2. The fourth-order valence-corrected chi connectivity index (χ4v) is 5.53. The lowest BCUT2D eigenvalue weighted by atomic mass is 9.50. The molecule has 1 spiro atoms. The van der Waals surface area contributed by atoms with Gasteiger partial charge in [0.25, 0.3) is 0 Å². The summed E-state index contributed by atoms with van der Waals surface area (Å²) in [4.78, 5) is 16.9. The summed E-state index contributed by atoms with van der Waals surface area (Å²) in [6, 6.07) is 1.58. The molecule has 0 radical (unpaired) electrons. The first kappa shape index (κ1) is 21.3. The molecule has 0 unspecified atom stereocenters. The predicted octanol–water partition coefficient (Wildman–Crippen LogP) is 3.56. The minimum absolute atomic E-state index is 0.257. The van der Waals surface area contributed by atoms with E-state index in [1.807, 2.05) is 13.8 Å². The van der Waals surface area contributed by atoms with Crippen LogP contribution in [0, 0.1) is 17.3 Å². The number of hydrogen-bond donors (Lipinski definition) is 1. The van der Waals surface area contributed by atoms with Gasteiger partial charge >= 0.3 is 0 Å². The largest absolute Gasteiger partial charge is 0.317 e. The van der Waals surface area contributed by atoms with Crippen molar-refractivity contribution in [2.75, 3.05) is 39.3 Å². The maximum Gasteiger partial charge on any atom is 0.138 e. The minimum Gasteiger partial charge on any atom is -0.317 e. The molecule has 0 aromatic rings. The highest BCUT2D eigenvalue weighted by Gasteiger charge is 2.50. The van der Waals surface area contributed by atoms with E-state index in [4.69, 9.17) is 0 Å². The van der Waals surface area contributed by atoms with Gasteiger partial charge in [0.1, 0.15) is 5.78 Å². The van der Waals surface area contributed by atoms with Crippen LogP contribution in [-0.2, 0) is 4.79 Å². The molecule has 4 nitrogen and oxygen atoms in total. The smallest absolute Gasteiger partial charge is 0.138 e. The Hall–Kier alpha value is -0.450. The average molecular weight is 378 g/mol. The Balaban J connectivity index is 0.000000159. The van der Waals surface area contributed by atoms with E-state index in [0.29, 0.717) is 17.1 Å². The van der Waals surface area contributed by atoms with Crippen molar-refractivity contribution in [1.82, 2.24) is 15.1 Å². The van der Waals surface area contributed by atoms with Crippen molar-refractivity contribution in [2.45, 2.75) is 84.7 Å². The highest BCUT2D eigenvalue weighted by Crippen LogP contribution is 2.59. The van der Waals surface area contributed by atoms with Crippen LogP contribution in [0.2, 0.25) is 0 Å². The third-order valence-electron chi connectivity index (χ3n) is 7.65. The molecule has 156 valence electrons. The number of nitrogens with one attached hydrogen (secondary N) is 1. The maximum atomic E-state index is 11.6. The van der Waals surface area contributed by atoms with Crippen LogP contribution in [0.25, 0.3) is 0 Å². The Morgan fingerprint density at radius 2 is 1.56 bits per heavy atom. The molecular weight excluding hydrogens is 334 g/mol. The first-order valence-electron chi connectivity index (χ1n) is 11.6. The highest BCUT2D eigenvalue weighted by atomic mass is 16.1. The van der Waals surface area contributed by atoms with Gasteiger partial charge in [-0.3, -0.25) is 14.6 Å². The Bertz CT molecular complexity index is 464. The molecule has 2 heterocycles. The van der Waals surface area contributed by atoms with Crippen molar-refractivity contribution >= 4 is 5.78 Å². The normalized spacial score (nSPS) is 27.2. The molecule has 0 amide bonds. The van der Waals surface area contributed by atoms with Gasteiger partial charge in [-0.15, -0.1) is 0 Å². The fourth-order valence-electron chi connectivity index (χ4n) is 5.53. The van der Waals surface area contributed by atoms with Crippen molar-refractivity contribution in [3.63, 3.8) is 0 Å². The summed E-state index contributed by atoms with van der Waals surface area (Å²) < 4.78 is 0. The number of hydrogen-bond acceptors (Lipinski definition) is 4. The standard InChI is InChI=1S/C12H25N3.C11H18O/c1-11(2)14-7-9-15(10-8-14)12-3-5-13-6-4-12;1-8(2)10(12)9-6-11(7-9)4-3-5-11/h11-13H,3-10H2,1-2H3;8-9H,3-7H2,1-2H3. The topological polar surface area (TPSA) is 35.6 Å². The zero-order valence-corrected chi connectivity index (χ0v) is 18.3. The first-order chi connectivity index (χ1) is 12.9. The highest BCUT2D eigenvalue weighted by molar-refractivity contribution is 5.83. The number of piperazine rings is 1. The second kappa shape index (κ2) is 9.37. The van der Waals surface area contributed by atoms with E-state index in [1.165, 1.54) is 84.2 Å². The number of nitrogens with zero attached hydrogens (tertiary/aromatic N) is 2. The number of ketones is 1. The van der Waals surface area contributed by atoms with Gasteiger partial charge in [0.15, 0.2) is 0 Å². The molecule has 0 bridgehead atoms. The minimum atomic E-state index is 0.257. The summed E-state index contributed by atoms with van der Waals surface area (Å²) in [5, 5.41) is 3.44. The van der Waals surface area contributed by atoms with Crippen LogP contribution in [0.4, 0.5) is 0 Å².